The molecule has 1 N–H and O–H groups in total. The minimum Gasteiger partial charge on any atom is -0.493 e. The van der Waals surface area contributed by atoms with Crippen molar-refractivity contribution in [3.8, 4) is 23.0 Å². The van der Waals surface area contributed by atoms with Crippen LogP contribution in [0.4, 0.5) is 5.69 Å². The fourth-order valence-electron chi connectivity index (χ4n) is 2.24. The van der Waals surface area contributed by atoms with Gasteiger partial charge >= 0.3 is 0 Å². The summed E-state index contributed by atoms with van der Waals surface area (Å²) in [5, 5.41) is 11.1. The molecule has 140 valence electrons. The molecule has 0 aliphatic carbocycles. The first kappa shape index (κ1) is 19.2. The maximum atomic E-state index is 12.1. The van der Waals surface area contributed by atoms with Crippen LogP contribution in [-0.4, -0.2) is 36.1 Å². The van der Waals surface area contributed by atoms with Gasteiger partial charge in [0.2, 0.25) is 11.8 Å². The van der Waals surface area contributed by atoms with Gasteiger partial charge in [-0.1, -0.05) is 33.8 Å². The van der Waals surface area contributed by atoms with Crippen LogP contribution in [0.15, 0.2) is 56.6 Å². The minimum absolute atomic E-state index is 0.153. The zero-order valence-corrected chi connectivity index (χ0v) is 17.0. The number of hydrogen-bond acceptors (Lipinski definition) is 7. The summed E-state index contributed by atoms with van der Waals surface area (Å²) in [7, 11) is 3.12. The normalized spacial score (nSPS) is 10.5. The Hall–Kier alpha value is -2.52. The molecule has 0 fully saturated rings. The third-order valence-corrected chi connectivity index (χ3v) is 4.78. The van der Waals surface area contributed by atoms with E-state index in [1.165, 1.54) is 11.8 Å². The van der Waals surface area contributed by atoms with Crippen molar-refractivity contribution < 1.29 is 18.7 Å². The van der Waals surface area contributed by atoms with Crippen LogP contribution in [-0.2, 0) is 4.79 Å². The maximum Gasteiger partial charge on any atom is 0.277 e. The lowest BCUT2D eigenvalue weighted by molar-refractivity contribution is -0.113. The van der Waals surface area contributed by atoms with Crippen LogP contribution in [0, 0.1) is 0 Å². The molecule has 0 unspecified atom stereocenters. The molecule has 0 aliphatic rings. The molecule has 27 heavy (non-hydrogen) atoms. The number of amides is 1. The van der Waals surface area contributed by atoms with Crippen molar-refractivity contribution in [3.05, 3.63) is 46.9 Å². The zero-order chi connectivity index (χ0) is 19.2. The van der Waals surface area contributed by atoms with Gasteiger partial charge in [0.1, 0.15) is 0 Å². The molecule has 0 bridgehead atoms. The molecule has 1 heterocycles. The Bertz CT molecular complexity index is 948. The second-order valence-electron chi connectivity index (χ2n) is 5.29. The number of rotatable bonds is 7. The third kappa shape index (κ3) is 5.01. The van der Waals surface area contributed by atoms with Gasteiger partial charge in [0.05, 0.1) is 20.0 Å². The molecule has 1 amide bonds. The van der Waals surface area contributed by atoms with Crippen molar-refractivity contribution in [1.29, 1.82) is 0 Å². The van der Waals surface area contributed by atoms with Crippen molar-refractivity contribution >= 4 is 39.3 Å². The smallest absolute Gasteiger partial charge is 0.277 e. The van der Waals surface area contributed by atoms with E-state index in [1.54, 1.807) is 32.4 Å². The Morgan fingerprint density at radius 2 is 1.96 bits per heavy atom. The van der Waals surface area contributed by atoms with E-state index in [-0.39, 0.29) is 11.7 Å². The van der Waals surface area contributed by atoms with Gasteiger partial charge in [0, 0.05) is 15.7 Å². The number of methoxy groups -OCH3 is 2. The average Bonchev–Trinajstić information content (AvgIpc) is 3.15. The van der Waals surface area contributed by atoms with Crippen LogP contribution in [0.1, 0.15) is 0 Å². The summed E-state index contributed by atoms with van der Waals surface area (Å²) in [5.41, 5.74) is 1.41. The fourth-order valence-corrected chi connectivity index (χ4v) is 3.21. The highest BCUT2D eigenvalue weighted by molar-refractivity contribution is 9.10. The molecule has 2 aromatic carbocycles. The highest BCUT2D eigenvalue weighted by Gasteiger charge is 2.14. The molecule has 3 aromatic rings. The third-order valence-electron chi connectivity index (χ3n) is 3.47. The number of aromatic nitrogens is 2. The van der Waals surface area contributed by atoms with Gasteiger partial charge in [-0.15, -0.1) is 10.2 Å². The number of anilines is 1. The lowest BCUT2D eigenvalue weighted by Gasteiger charge is -2.07. The second kappa shape index (κ2) is 8.92. The van der Waals surface area contributed by atoms with E-state index in [9.17, 15) is 4.79 Å². The standard InChI is InChI=1S/C18H16BrN3O4S/c1-24-14-7-6-11(8-15(14)25-2)17-21-22-18(26-17)27-10-16(23)20-13-5-3-4-12(19)9-13/h3-9H,10H2,1-2H3,(H,20,23). The fraction of sp³-hybridized carbons (Fsp3) is 0.167. The lowest BCUT2D eigenvalue weighted by atomic mass is 10.2. The Morgan fingerprint density at radius 1 is 1.15 bits per heavy atom. The van der Waals surface area contributed by atoms with E-state index in [2.05, 4.69) is 31.4 Å². The predicted molar refractivity (Wildman–Crippen MR) is 106 cm³/mol. The molecule has 0 saturated carbocycles. The number of carbonyl (C=O) groups is 1. The maximum absolute atomic E-state index is 12.1. The van der Waals surface area contributed by atoms with Crippen LogP contribution >= 0.6 is 27.7 Å². The van der Waals surface area contributed by atoms with Crippen LogP contribution in [0.25, 0.3) is 11.5 Å². The summed E-state index contributed by atoms with van der Waals surface area (Å²) >= 11 is 4.53. The van der Waals surface area contributed by atoms with Gasteiger partial charge < -0.3 is 19.2 Å². The first-order chi connectivity index (χ1) is 13.1. The Morgan fingerprint density at radius 3 is 2.70 bits per heavy atom. The second-order valence-corrected chi connectivity index (χ2v) is 7.13. The minimum atomic E-state index is -0.163. The van der Waals surface area contributed by atoms with Gasteiger partial charge in [0.15, 0.2) is 11.5 Å². The molecule has 0 saturated heterocycles. The van der Waals surface area contributed by atoms with Crippen molar-refractivity contribution in [2.45, 2.75) is 5.22 Å². The molecule has 3 rings (SSSR count). The number of benzene rings is 2. The van der Waals surface area contributed by atoms with Crippen LogP contribution < -0.4 is 14.8 Å². The van der Waals surface area contributed by atoms with Crippen LogP contribution in [0.5, 0.6) is 11.5 Å². The summed E-state index contributed by atoms with van der Waals surface area (Å²) in [6.07, 6.45) is 0. The molecule has 0 spiro atoms. The highest BCUT2D eigenvalue weighted by atomic mass is 79.9. The monoisotopic (exact) mass is 449 g/mol. The average molecular weight is 450 g/mol. The first-order valence-electron chi connectivity index (χ1n) is 7.83. The van der Waals surface area contributed by atoms with Gasteiger partial charge in [-0.3, -0.25) is 4.79 Å². The molecule has 7 nitrogen and oxygen atoms in total. The van der Waals surface area contributed by atoms with E-state index in [1.807, 2.05) is 24.3 Å². The number of ether oxygens (including phenoxy) is 2. The summed E-state index contributed by atoms with van der Waals surface area (Å²) in [4.78, 5) is 12.1. The number of nitrogens with zero attached hydrogens (tertiary/aromatic N) is 2. The Balaban J connectivity index is 1.62. The summed E-state index contributed by atoms with van der Waals surface area (Å²) < 4.78 is 17.0. The summed E-state index contributed by atoms with van der Waals surface area (Å²) in [6, 6.07) is 12.7. The molecule has 9 heteroatoms. The number of nitrogens with one attached hydrogen (secondary N) is 1. The van der Waals surface area contributed by atoms with E-state index < -0.39 is 0 Å². The van der Waals surface area contributed by atoms with E-state index >= 15 is 0 Å². The van der Waals surface area contributed by atoms with Crippen LogP contribution in [0.3, 0.4) is 0 Å². The van der Waals surface area contributed by atoms with Crippen molar-refractivity contribution in [2.75, 3.05) is 25.3 Å². The summed E-state index contributed by atoms with van der Waals surface area (Å²) in [6.45, 7) is 0. The molecular weight excluding hydrogens is 434 g/mol. The van der Waals surface area contributed by atoms with Crippen molar-refractivity contribution in [1.82, 2.24) is 10.2 Å². The number of halogens is 1. The van der Waals surface area contributed by atoms with E-state index in [4.69, 9.17) is 13.9 Å². The SMILES string of the molecule is COc1ccc(-c2nnc(SCC(=O)Nc3cccc(Br)c3)o2)cc1OC. The van der Waals surface area contributed by atoms with E-state index in [0.717, 1.165) is 4.47 Å². The molecule has 0 radical (unpaired) electrons. The largest absolute Gasteiger partial charge is 0.493 e. The molecular formula is C18H16BrN3O4S. The summed E-state index contributed by atoms with van der Waals surface area (Å²) in [5.74, 6) is 1.50. The van der Waals surface area contributed by atoms with Gasteiger partial charge in [-0.05, 0) is 36.4 Å². The Labute approximate surface area is 168 Å². The first-order valence-corrected chi connectivity index (χ1v) is 9.61. The zero-order valence-electron chi connectivity index (χ0n) is 14.6. The number of thioether (sulfide) groups is 1. The Kier molecular flexibility index (Phi) is 6.36. The molecule has 0 aliphatic heterocycles. The van der Waals surface area contributed by atoms with Gasteiger partial charge in [0.25, 0.3) is 5.22 Å². The van der Waals surface area contributed by atoms with Gasteiger partial charge in [-0.2, -0.15) is 0 Å². The highest BCUT2D eigenvalue weighted by Crippen LogP contribution is 2.32. The topological polar surface area (TPSA) is 86.5 Å². The predicted octanol–water partition coefficient (Wildman–Crippen LogP) is 4.25. The van der Waals surface area contributed by atoms with Gasteiger partial charge in [-0.25, -0.2) is 0 Å². The quantitative estimate of drug-likeness (QED) is 0.539. The van der Waals surface area contributed by atoms with Crippen LogP contribution in [0.2, 0.25) is 0 Å². The van der Waals surface area contributed by atoms with Crippen molar-refractivity contribution in [3.63, 3.8) is 0 Å². The molecule has 0 atom stereocenters. The molecule has 1 aromatic heterocycles. The van der Waals surface area contributed by atoms with Crippen molar-refractivity contribution in [2.24, 2.45) is 0 Å². The lowest BCUT2D eigenvalue weighted by Crippen LogP contribution is -2.13. The number of carbonyl (C=O) groups excluding carboxylic acids is 1. The number of hydrogen-bond donors (Lipinski definition) is 1. The van der Waals surface area contributed by atoms with E-state index in [0.29, 0.717) is 33.9 Å².